The third-order valence-corrected chi connectivity index (χ3v) is 3.31. The molecule has 0 fully saturated rings. The maximum atomic E-state index is 5.44. The summed E-state index contributed by atoms with van der Waals surface area (Å²) >= 11 is 1.73. The highest BCUT2D eigenvalue weighted by Gasteiger charge is 2.26. The Morgan fingerprint density at radius 3 is 3.25 bits per heavy atom. The molecule has 0 aromatic carbocycles. The number of rotatable bonds is 1. The highest BCUT2D eigenvalue weighted by Crippen LogP contribution is 2.39. The van der Waals surface area contributed by atoms with Crippen LogP contribution < -0.4 is 4.74 Å². The number of thiazole rings is 1. The van der Waals surface area contributed by atoms with Crippen LogP contribution in [0.2, 0.25) is 0 Å². The second-order valence-corrected chi connectivity index (χ2v) is 4.40. The Morgan fingerprint density at radius 2 is 2.50 bits per heavy atom. The fourth-order valence-corrected chi connectivity index (χ4v) is 2.69. The predicted octanol–water partition coefficient (Wildman–Crippen LogP) is 2.67. The summed E-state index contributed by atoms with van der Waals surface area (Å²) < 4.78 is 5.44. The summed E-state index contributed by atoms with van der Waals surface area (Å²) in [5.41, 5.74) is 1.88. The van der Waals surface area contributed by atoms with Crippen molar-refractivity contribution in [1.29, 1.82) is 0 Å². The highest BCUT2D eigenvalue weighted by molar-refractivity contribution is 7.10. The van der Waals surface area contributed by atoms with Crippen LogP contribution in [0, 0.1) is 5.92 Å². The molecule has 1 atom stereocenters. The van der Waals surface area contributed by atoms with E-state index in [1.807, 2.05) is 5.51 Å². The fraction of sp³-hybridized carbons (Fsp3) is 0.667. The Kier molecular flexibility index (Phi) is 2.05. The lowest BCUT2D eigenvalue weighted by Crippen LogP contribution is -2.16. The number of fused-ring (bicyclic) bond motifs is 1. The summed E-state index contributed by atoms with van der Waals surface area (Å²) in [6.45, 7) is 5.36. The maximum Gasteiger partial charge on any atom is 0.227 e. The molecule has 0 bridgehead atoms. The Balaban J connectivity index is 2.31. The first-order chi connectivity index (χ1) is 5.79. The third kappa shape index (κ3) is 1.22. The van der Waals surface area contributed by atoms with Crippen molar-refractivity contribution >= 4 is 11.3 Å². The van der Waals surface area contributed by atoms with Crippen LogP contribution >= 0.6 is 11.3 Å². The van der Waals surface area contributed by atoms with Crippen LogP contribution in [-0.2, 0) is 0 Å². The molecule has 1 aliphatic heterocycles. The summed E-state index contributed by atoms with van der Waals surface area (Å²) in [6.07, 6.45) is 1.15. The molecule has 0 amide bonds. The van der Waals surface area contributed by atoms with Gasteiger partial charge in [0.05, 0.1) is 17.0 Å². The topological polar surface area (TPSA) is 22.1 Å². The lowest BCUT2D eigenvalue weighted by atomic mass is 9.90. The molecular weight excluding hydrogens is 170 g/mol. The van der Waals surface area contributed by atoms with Gasteiger partial charge in [0, 0.05) is 5.92 Å². The van der Waals surface area contributed by atoms with Crippen molar-refractivity contribution in [3.63, 3.8) is 0 Å². The first-order valence-electron chi connectivity index (χ1n) is 4.35. The molecule has 0 saturated heterocycles. The number of hydrogen-bond donors (Lipinski definition) is 0. The average molecular weight is 183 g/mol. The van der Waals surface area contributed by atoms with Gasteiger partial charge in [0.25, 0.3) is 0 Å². The van der Waals surface area contributed by atoms with E-state index in [0.717, 1.165) is 18.9 Å². The predicted molar refractivity (Wildman–Crippen MR) is 49.8 cm³/mol. The lowest BCUT2D eigenvalue weighted by Gasteiger charge is -2.24. The van der Waals surface area contributed by atoms with Gasteiger partial charge < -0.3 is 4.74 Å². The van der Waals surface area contributed by atoms with Crippen LogP contribution in [0.15, 0.2) is 5.51 Å². The quantitative estimate of drug-likeness (QED) is 0.667. The Labute approximate surface area is 76.6 Å². The standard InChI is InChI=1S/C9H13NOS/c1-6(2)7-3-4-11-9-8(7)12-5-10-9/h5-7H,3-4H2,1-2H3/t7-/m1/s1. The molecule has 2 nitrogen and oxygen atoms in total. The normalized spacial score (nSPS) is 22.1. The van der Waals surface area contributed by atoms with Crippen molar-refractivity contribution in [2.75, 3.05) is 6.61 Å². The van der Waals surface area contributed by atoms with Crippen LogP contribution in [0.25, 0.3) is 0 Å². The van der Waals surface area contributed by atoms with Crippen LogP contribution in [0.1, 0.15) is 31.1 Å². The molecule has 12 heavy (non-hydrogen) atoms. The molecule has 1 aromatic heterocycles. The first-order valence-corrected chi connectivity index (χ1v) is 5.23. The van der Waals surface area contributed by atoms with Gasteiger partial charge in [-0.3, -0.25) is 0 Å². The van der Waals surface area contributed by atoms with Crippen molar-refractivity contribution < 1.29 is 4.74 Å². The van der Waals surface area contributed by atoms with Crippen molar-refractivity contribution in [2.24, 2.45) is 5.92 Å². The van der Waals surface area contributed by atoms with E-state index in [9.17, 15) is 0 Å². The zero-order chi connectivity index (χ0) is 8.55. The number of nitrogens with zero attached hydrogens (tertiary/aromatic N) is 1. The van der Waals surface area contributed by atoms with Gasteiger partial charge >= 0.3 is 0 Å². The minimum atomic E-state index is 0.668. The molecule has 1 aliphatic rings. The van der Waals surface area contributed by atoms with E-state index in [2.05, 4.69) is 18.8 Å². The van der Waals surface area contributed by atoms with E-state index in [1.54, 1.807) is 11.3 Å². The lowest BCUT2D eigenvalue weighted by molar-refractivity contribution is 0.242. The Morgan fingerprint density at radius 1 is 1.67 bits per heavy atom. The summed E-state index contributed by atoms with van der Waals surface area (Å²) in [4.78, 5) is 5.53. The second kappa shape index (κ2) is 3.05. The van der Waals surface area contributed by atoms with E-state index in [1.165, 1.54) is 4.88 Å². The zero-order valence-electron chi connectivity index (χ0n) is 7.41. The molecule has 0 N–H and O–H groups in total. The molecule has 66 valence electrons. The molecule has 0 spiro atoms. The number of aromatic nitrogens is 1. The maximum absolute atomic E-state index is 5.44. The van der Waals surface area contributed by atoms with Gasteiger partial charge in [-0.05, 0) is 12.3 Å². The van der Waals surface area contributed by atoms with E-state index >= 15 is 0 Å². The summed E-state index contributed by atoms with van der Waals surface area (Å²) in [6, 6.07) is 0. The summed E-state index contributed by atoms with van der Waals surface area (Å²) in [5, 5.41) is 0. The van der Waals surface area contributed by atoms with E-state index in [-0.39, 0.29) is 0 Å². The van der Waals surface area contributed by atoms with Crippen LogP contribution in [0.5, 0.6) is 5.88 Å². The highest BCUT2D eigenvalue weighted by atomic mass is 32.1. The fourth-order valence-electron chi connectivity index (χ4n) is 1.65. The average Bonchev–Trinajstić information content (AvgIpc) is 2.49. The summed E-state index contributed by atoms with van der Waals surface area (Å²) in [5.74, 6) is 2.25. The SMILES string of the molecule is CC(C)[C@H]1CCOc2ncsc21. The monoisotopic (exact) mass is 183 g/mol. The minimum absolute atomic E-state index is 0.668. The van der Waals surface area contributed by atoms with Gasteiger partial charge in [0.2, 0.25) is 5.88 Å². The van der Waals surface area contributed by atoms with Crippen molar-refractivity contribution in [3.05, 3.63) is 10.4 Å². The zero-order valence-corrected chi connectivity index (χ0v) is 8.23. The van der Waals surface area contributed by atoms with E-state index in [0.29, 0.717) is 11.8 Å². The Hall–Kier alpha value is -0.570. The minimum Gasteiger partial charge on any atom is -0.477 e. The Bertz CT molecular complexity index is 269. The molecule has 0 saturated carbocycles. The molecule has 1 aromatic rings. The van der Waals surface area contributed by atoms with E-state index in [4.69, 9.17) is 4.74 Å². The summed E-state index contributed by atoms with van der Waals surface area (Å²) in [7, 11) is 0. The van der Waals surface area contributed by atoms with Crippen LogP contribution in [-0.4, -0.2) is 11.6 Å². The first kappa shape index (κ1) is 8.05. The number of ether oxygens (including phenoxy) is 1. The van der Waals surface area contributed by atoms with Gasteiger partial charge in [-0.15, -0.1) is 11.3 Å². The molecular formula is C9H13NOS. The van der Waals surface area contributed by atoms with Crippen molar-refractivity contribution in [3.8, 4) is 5.88 Å². The van der Waals surface area contributed by atoms with Crippen LogP contribution in [0.4, 0.5) is 0 Å². The molecule has 3 heteroatoms. The van der Waals surface area contributed by atoms with E-state index < -0.39 is 0 Å². The van der Waals surface area contributed by atoms with Crippen LogP contribution in [0.3, 0.4) is 0 Å². The van der Waals surface area contributed by atoms with Gasteiger partial charge in [-0.25, -0.2) is 4.98 Å². The van der Waals surface area contributed by atoms with Gasteiger partial charge in [-0.2, -0.15) is 0 Å². The molecule has 0 unspecified atom stereocenters. The molecule has 2 heterocycles. The van der Waals surface area contributed by atoms with Gasteiger partial charge in [-0.1, -0.05) is 13.8 Å². The van der Waals surface area contributed by atoms with Crippen molar-refractivity contribution in [2.45, 2.75) is 26.2 Å². The molecule has 0 aliphatic carbocycles. The number of hydrogen-bond acceptors (Lipinski definition) is 3. The second-order valence-electron chi connectivity index (χ2n) is 3.51. The molecule has 0 radical (unpaired) electrons. The van der Waals surface area contributed by atoms with Crippen molar-refractivity contribution in [1.82, 2.24) is 4.98 Å². The third-order valence-electron chi connectivity index (χ3n) is 2.37. The largest absolute Gasteiger partial charge is 0.477 e. The molecule has 2 rings (SSSR count). The van der Waals surface area contributed by atoms with Gasteiger partial charge in [0.1, 0.15) is 0 Å². The van der Waals surface area contributed by atoms with Gasteiger partial charge in [0.15, 0.2) is 0 Å². The smallest absolute Gasteiger partial charge is 0.227 e.